The quantitative estimate of drug-likeness (QED) is 0.707. The van der Waals surface area contributed by atoms with Gasteiger partial charge in [-0.05, 0) is 50.5 Å². The van der Waals surface area contributed by atoms with Gasteiger partial charge in [-0.25, -0.2) is 4.79 Å². The van der Waals surface area contributed by atoms with Gasteiger partial charge < -0.3 is 24.8 Å². The summed E-state index contributed by atoms with van der Waals surface area (Å²) in [5.41, 5.74) is 3.15. The van der Waals surface area contributed by atoms with Crippen LogP contribution in [-0.4, -0.2) is 97.6 Å². The predicted octanol–water partition coefficient (Wildman–Crippen LogP) is 2.75. The van der Waals surface area contributed by atoms with E-state index in [1.807, 2.05) is 24.0 Å². The van der Waals surface area contributed by atoms with Crippen molar-refractivity contribution in [3.63, 3.8) is 0 Å². The first-order valence-electron chi connectivity index (χ1n) is 12.9. The van der Waals surface area contributed by atoms with Crippen LogP contribution in [-0.2, 0) is 4.74 Å². The lowest BCUT2D eigenvalue weighted by molar-refractivity contribution is 0.0712. The zero-order chi connectivity index (χ0) is 24.2. The highest BCUT2D eigenvalue weighted by molar-refractivity contribution is 5.90. The van der Waals surface area contributed by atoms with E-state index in [1.54, 1.807) is 0 Å². The number of rotatable bonds is 5. The molecule has 3 aliphatic rings. The molecule has 0 radical (unpaired) electrons. The Balaban J connectivity index is 1.08. The molecule has 5 rings (SSSR count). The van der Waals surface area contributed by atoms with Gasteiger partial charge in [-0.15, -0.1) is 10.2 Å². The number of carbonyl (C=O) groups excluding carboxylic acids is 1. The number of benzene rings is 1. The van der Waals surface area contributed by atoms with Crippen LogP contribution >= 0.6 is 0 Å². The molecule has 9 nitrogen and oxygen atoms in total. The fraction of sp³-hybridized carbons (Fsp3) is 0.577. The van der Waals surface area contributed by atoms with Crippen molar-refractivity contribution in [2.24, 2.45) is 0 Å². The molecule has 188 valence electrons. The van der Waals surface area contributed by atoms with Gasteiger partial charge in [0, 0.05) is 71.2 Å². The van der Waals surface area contributed by atoms with Gasteiger partial charge in [0.25, 0.3) is 0 Å². The number of amides is 2. The summed E-state index contributed by atoms with van der Waals surface area (Å²) >= 11 is 0. The number of piperazine rings is 2. The van der Waals surface area contributed by atoms with Gasteiger partial charge >= 0.3 is 6.03 Å². The van der Waals surface area contributed by atoms with Crippen LogP contribution in [0.3, 0.4) is 0 Å². The molecule has 1 unspecified atom stereocenters. The van der Waals surface area contributed by atoms with E-state index < -0.39 is 0 Å². The smallest absolute Gasteiger partial charge is 0.321 e. The van der Waals surface area contributed by atoms with Crippen molar-refractivity contribution >= 4 is 23.4 Å². The van der Waals surface area contributed by atoms with Crippen molar-refractivity contribution in [2.45, 2.75) is 32.8 Å². The van der Waals surface area contributed by atoms with Gasteiger partial charge in [-0.3, -0.25) is 4.90 Å². The van der Waals surface area contributed by atoms with Crippen LogP contribution in [0.5, 0.6) is 0 Å². The van der Waals surface area contributed by atoms with Crippen LogP contribution in [0.4, 0.5) is 22.1 Å². The molecule has 1 N–H and O–H groups in total. The van der Waals surface area contributed by atoms with E-state index in [1.165, 1.54) is 18.4 Å². The van der Waals surface area contributed by atoms with Gasteiger partial charge in [0.1, 0.15) is 0 Å². The summed E-state index contributed by atoms with van der Waals surface area (Å²) in [6, 6.07) is 10.2. The lowest BCUT2D eigenvalue weighted by Crippen LogP contribution is -2.50. The van der Waals surface area contributed by atoms with E-state index in [0.717, 1.165) is 75.3 Å². The maximum Gasteiger partial charge on any atom is 0.321 e. The second-order valence-corrected chi connectivity index (χ2v) is 9.90. The molecule has 2 aromatic rings. The molecule has 0 saturated carbocycles. The minimum atomic E-state index is -0.0447. The second kappa shape index (κ2) is 10.8. The van der Waals surface area contributed by atoms with E-state index in [0.29, 0.717) is 19.2 Å². The number of carbonyl (C=O) groups is 1. The molecule has 1 atom stereocenters. The molecule has 3 saturated heterocycles. The van der Waals surface area contributed by atoms with Crippen LogP contribution in [0.25, 0.3) is 0 Å². The molecule has 35 heavy (non-hydrogen) atoms. The molecule has 3 fully saturated rings. The Kier molecular flexibility index (Phi) is 7.34. The number of aryl methyl sites for hydroxylation is 2. The number of ether oxygens (including phenoxy) is 1. The largest absolute Gasteiger partial charge is 0.377 e. The lowest BCUT2D eigenvalue weighted by atomic mass is 10.1. The third-order valence-electron chi connectivity index (χ3n) is 7.33. The van der Waals surface area contributed by atoms with Crippen LogP contribution in [0.1, 0.15) is 24.0 Å². The van der Waals surface area contributed by atoms with Crippen molar-refractivity contribution in [1.29, 1.82) is 0 Å². The summed E-state index contributed by atoms with van der Waals surface area (Å²) in [5.74, 6) is 1.82. The first kappa shape index (κ1) is 23.8. The number of hydrogen-bond acceptors (Lipinski definition) is 7. The summed E-state index contributed by atoms with van der Waals surface area (Å²) in [7, 11) is 0. The van der Waals surface area contributed by atoms with E-state index >= 15 is 0 Å². The summed E-state index contributed by atoms with van der Waals surface area (Å²) in [5, 5.41) is 12.1. The Hall–Kier alpha value is -2.91. The fourth-order valence-electron chi connectivity index (χ4n) is 5.18. The van der Waals surface area contributed by atoms with Crippen molar-refractivity contribution in [3.8, 4) is 0 Å². The number of nitrogens with zero attached hydrogens (tertiary/aromatic N) is 6. The molecule has 4 heterocycles. The van der Waals surface area contributed by atoms with Gasteiger partial charge in [0.2, 0.25) is 0 Å². The Morgan fingerprint density at radius 3 is 2.17 bits per heavy atom. The average molecular weight is 480 g/mol. The van der Waals surface area contributed by atoms with Crippen LogP contribution in [0, 0.1) is 13.8 Å². The van der Waals surface area contributed by atoms with Crippen molar-refractivity contribution in [3.05, 3.63) is 41.5 Å². The third kappa shape index (κ3) is 5.85. The summed E-state index contributed by atoms with van der Waals surface area (Å²) in [4.78, 5) is 21.6. The van der Waals surface area contributed by atoms with E-state index in [-0.39, 0.29) is 6.03 Å². The van der Waals surface area contributed by atoms with Crippen molar-refractivity contribution in [2.75, 3.05) is 80.6 Å². The monoisotopic (exact) mass is 479 g/mol. The van der Waals surface area contributed by atoms with Crippen molar-refractivity contribution in [1.82, 2.24) is 20.0 Å². The minimum absolute atomic E-state index is 0.0447. The van der Waals surface area contributed by atoms with E-state index in [2.05, 4.69) is 55.3 Å². The van der Waals surface area contributed by atoms with Gasteiger partial charge in [0.15, 0.2) is 11.6 Å². The maximum atomic E-state index is 12.7. The van der Waals surface area contributed by atoms with E-state index in [4.69, 9.17) is 4.74 Å². The molecule has 0 bridgehead atoms. The average Bonchev–Trinajstić information content (AvgIpc) is 3.39. The second-order valence-electron chi connectivity index (χ2n) is 9.90. The standard InChI is InChI=1S/C26H37N7O2/c1-20-5-6-23(21(2)18-20)27-26(34)33-15-13-32(14-16-33)25-8-7-24(28-29-25)31-11-9-30(10-12-31)19-22-4-3-17-35-22/h5-8,18,22H,3-4,9-17,19H2,1-2H3,(H,27,34). The van der Waals surface area contributed by atoms with Crippen molar-refractivity contribution < 1.29 is 9.53 Å². The summed E-state index contributed by atoms with van der Waals surface area (Å²) < 4.78 is 5.79. The Bertz CT molecular complexity index is 993. The van der Waals surface area contributed by atoms with Crippen LogP contribution in [0.2, 0.25) is 0 Å². The molecule has 1 aromatic carbocycles. The molecule has 9 heteroatoms. The normalized spacial score (nSPS) is 21.4. The molecule has 0 aliphatic carbocycles. The fourth-order valence-corrected chi connectivity index (χ4v) is 5.18. The molecular weight excluding hydrogens is 442 g/mol. The third-order valence-corrected chi connectivity index (χ3v) is 7.33. The zero-order valence-corrected chi connectivity index (χ0v) is 20.9. The predicted molar refractivity (Wildman–Crippen MR) is 138 cm³/mol. The van der Waals surface area contributed by atoms with Gasteiger partial charge in [0.05, 0.1) is 6.10 Å². The minimum Gasteiger partial charge on any atom is -0.377 e. The first-order chi connectivity index (χ1) is 17.0. The maximum absolute atomic E-state index is 12.7. The van der Waals surface area contributed by atoms with Crippen LogP contribution < -0.4 is 15.1 Å². The Morgan fingerprint density at radius 2 is 1.60 bits per heavy atom. The Morgan fingerprint density at radius 1 is 0.943 bits per heavy atom. The highest BCUT2D eigenvalue weighted by Gasteiger charge is 2.25. The first-order valence-corrected chi connectivity index (χ1v) is 12.9. The van der Waals surface area contributed by atoms with Crippen LogP contribution in [0.15, 0.2) is 30.3 Å². The molecule has 1 aromatic heterocycles. The lowest BCUT2D eigenvalue weighted by Gasteiger charge is -2.37. The number of hydrogen-bond donors (Lipinski definition) is 1. The molecule has 3 aliphatic heterocycles. The molecule has 2 amide bonds. The molecular formula is C26H37N7O2. The Labute approximate surface area is 208 Å². The highest BCUT2D eigenvalue weighted by Crippen LogP contribution is 2.21. The number of anilines is 3. The number of urea groups is 1. The van der Waals surface area contributed by atoms with E-state index in [9.17, 15) is 4.79 Å². The van der Waals surface area contributed by atoms with Gasteiger partial charge in [-0.2, -0.15) is 0 Å². The number of nitrogens with one attached hydrogen (secondary N) is 1. The topological polar surface area (TPSA) is 77.1 Å². The number of aromatic nitrogens is 2. The molecule has 0 spiro atoms. The SMILES string of the molecule is Cc1ccc(NC(=O)N2CCN(c3ccc(N4CCN(CC5CCCO5)CC4)nn3)CC2)c(C)c1. The highest BCUT2D eigenvalue weighted by atomic mass is 16.5. The zero-order valence-electron chi connectivity index (χ0n) is 20.9. The van der Waals surface area contributed by atoms with Gasteiger partial charge in [-0.1, -0.05) is 17.7 Å². The summed E-state index contributed by atoms with van der Waals surface area (Å²) in [6.07, 6.45) is 2.80. The summed E-state index contributed by atoms with van der Waals surface area (Å²) in [6.45, 7) is 12.9.